The molecule has 1 aliphatic carbocycles. The molecule has 1 saturated carbocycles. The Kier molecular flexibility index (Phi) is 2.69. The Hall–Kier alpha value is -1.60. The van der Waals surface area contributed by atoms with Crippen molar-refractivity contribution in [2.75, 3.05) is 6.54 Å². The Morgan fingerprint density at radius 2 is 1.76 bits per heavy atom. The van der Waals surface area contributed by atoms with E-state index < -0.39 is 0 Å². The van der Waals surface area contributed by atoms with E-state index in [1.165, 1.54) is 41.2 Å². The minimum Gasteiger partial charge on any atom is -0.326 e. The standard InChI is InChI=1S/C16H17N/c17-11-16(13-6-3-7-13)15-9-8-12-4-1-2-5-14(12)10-15/h1-2,4-5,8-10H,3,6-7,11,17H2. The van der Waals surface area contributed by atoms with E-state index in [1.54, 1.807) is 5.57 Å². The van der Waals surface area contributed by atoms with Gasteiger partial charge in [0.1, 0.15) is 0 Å². The largest absolute Gasteiger partial charge is 0.326 e. The second-order valence-electron chi connectivity index (χ2n) is 4.70. The number of allylic oxidation sites excluding steroid dienone is 1. The van der Waals surface area contributed by atoms with Crippen molar-refractivity contribution in [2.45, 2.75) is 19.3 Å². The fraction of sp³-hybridized carbons (Fsp3) is 0.250. The molecular formula is C16H17N. The monoisotopic (exact) mass is 223 g/mol. The van der Waals surface area contributed by atoms with Crippen LogP contribution in [0.5, 0.6) is 0 Å². The smallest absolute Gasteiger partial charge is 0.0183 e. The van der Waals surface area contributed by atoms with Crippen LogP contribution in [0.15, 0.2) is 48.0 Å². The molecule has 0 aromatic heterocycles. The van der Waals surface area contributed by atoms with Crippen molar-refractivity contribution in [1.82, 2.24) is 0 Å². The highest BCUT2D eigenvalue weighted by Gasteiger charge is 2.14. The van der Waals surface area contributed by atoms with E-state index in [0.29, 0.717) is 6.54 Å². The molecule has 2 aromatic rings. The van der Waals surface area contributed by atoms with Gasteiger partial charge in [0, 0.05) is 6.54 Å². The van der Waals surface area contributed by atoms with Gasteiger partial charge in [0.05, 0.1) is 0 Å². The topological polar surface area (TPSA) is 26.0 Å². The summed E-state index contributed by atoms with van der Waals surface area (Å²) in [6.45, 7) is 0.660. The number of benzene rings is 2. The summed E-state index contributed by atoms with van der Waals surface area (Å²) in [6.07, 6.45) is 3.80. The van der Waals surface area contributed by atoms with Gasteiger partial charge >= 0.3 is 0 Å². The molecule has 2 N–H and O–H groups in total. The summed E-state index contributed by atoms with van der Waals surface area (Å²) in [4.78, 5) is 0. The van der Waals surface area contributed by atoms with Crippen molar-refractivity contribution in [3.63, 3.8) is 0 Å². The zero-order valence-corrected chi connectivity index (χ0v) is 9.95. The third-order valence-corrected chi connectivity index (χ3v) is 3.69. The molecule has 1 fully saturated rings. The first-order chi connectivity index (χ1) is 8.38. The van der Waals surface area contributed by atoms with Crippen LogP contribution in [0.4, 0.5) is 0 Å². The fourth-order valence-electron chi connectivity index (χ4n) is 2.50. The molecule has 0 unspecified atom stereocenters. The van der Waals surface area contributed by atoms with Gasteiger partial charge in [0.25, 0.3) is 0 Å². The first-order valence-corrected chi connectivity index (χ1v) is 6.28. The fourth-order valence-corrected chi connectivity index (χ4v) is 2.50. The third kappa shape index (κ3) is 1.87. The SMILES string of the molecule is NCC(=C1CCC1)c1ccc2ccccc2c1. The predicted molar refractivity (Wildman–Crippen MR) is 73.8 cm³/mol. The van der Waals surface area contributed by atoms with Gasteiger partial charge in [-0.15, -0.1) is 0 Å². The van der Waals surface area contributed by atoms with Crippen molar-refractivity contribution >= 4 is 16.3 Å². The maximum atomic E-state index is 5.90. The maximum Gasteiger partial charge on any atom is 0.0183 e. The van der Waals surface area contributed by atoms with E-state index in [-0.39, 0.29) is 0 Å². The lowest BCUT2D eigenvalue weighted by Gasteiger charge is -2.22. The molecule has 0 heterocycles. The summed E-state index contributed by atoms with van der Waals surface area (Å²) in [5.41, 5.74) is 10.1. The van der Waals surface area contributed by atoms with Crippen LogP contribution in [-0.2, 0) is 0 Å². The highest BCUT2D eigenvalue weighted by Crippen LogP contribution is 2.33. The molecule has 0 amide bonds. The van der Waals surface area contributed by atoms with Crippen LogP contribution in [0, 0.1) is 0 Å². The zero-order chi connectivity index (χ0) is 11.7. The van der Waals surface area contributed by atoms with Crippen LogP contribution in [0.2, 0.25) is 0 Å². The molecule has 0 bridgehead atoms. The first kappa shape index (κ1) is 10.5. The maximum absolute atomic E-state index is 5.90. The van der Waals surface area contributed by atoms with Gasteiger partial charge in [-0.3, -0.25) is 0 Å². The molecule has 1 aliphatic rings. The average Bonchev–Trinajstić information content (AvgIpc) is 2.33. The van der Waals surface area contributed by atoms with E-state index >= 15 is 0 Å². The minimum atomic E-state index is 0.660. The second-order valence-corrected chi connectivity index (χ2v) is 4.70. The molecule has 1 nitrogen and oxygen atoms in total. The minimum absolute atomic E-state index is 0.660. The summed E-state index contributed by atoms with van der Waals surface area (Å²) < 4.78 is 0. The van der Waals surface area contributed by atoms with Gasteiger partial charge in [0.2, 0.25) is 0 Å². The lowest BCUT2D eigenvalue weighted by Crippen LogP contribution is -2.09. The van der Waals surface area contributed by atoms with Crippen molar-refractivity contribution < 1.29 is 0 Å². The number of nitrogens with two attached hydrogens (primary N) is 1. The Labute approximate surface area is 102 Å². The van der Waals surface area contributed by atoms with Crippen LogP contribution in [0.25, 0.3) is 16.3 Å². The van der Waals surface area contributed by atoms with Crippen LogP contribution < -0.4 is 5.73 Å². The quantitative estimate of drug-likeness (QED) is 0.824. The van der Waals surface area contributed by atoms with Crippen molar-refractivity contribution in [3.05, 3.63) is 53.6 Å². The van der Waals surface area contributed by atoms with Gasteiger partial charge in [-0.05, 0) is 47.2 Å². The molecule has 0 aliphatic heterocycles. The van der Waals surface area contributed by atoms with Crippen molar-refractivity contribution in [1.29, 1.82) is 0 Å². The molecule has 1 heteroatoms. The van der Waals surface area contributed by atoms with E-state index in [0.717, 1.165) is 0 Å². The van der Waals surface area contributed by atoms with Gasteiger partial charge in [-0.2, -0.15) is 0 Å². The molecular weight excluding hydrogens is 206 g/mol. The van der Waals surface area contributed by atoms with Gasteiger partial charge in [-0.1, -0.05) is 42.0 Å². The van der Waals surface area contributed by atoms with Crippen LogP contribution in [0.3, 0.4) is 0 Å². The number of hydrogen-bond acceptors (Lipinski definition) is 1. The molecule has 86 valence electrons. The number of rotatable bonds is 2. The zero-order valence-electron chi connectivity index (χ0n) is 9.95. The lowest BCUT2D eigenvalue weighted by atomic mass is 9.85. The summed E-state index contributed by atoms with van der Waals surface area (Å²) in [6, 6.07) is 15.1. The van der Waals surface area contributed by atoms with E-state index in [2.05, 4.69) is 42.5 Å². The highest BCUT2D eigenvalue weighted by atomic mass is 14.5. The van der Waals surface area contributed by atoms with Crippen molar-refractivity contribution in [2.24, 2.45) is 5.73 Å². The predicted octanol–water partition coefficient (Wildman–Crippen LogP) is 3.74. The van der Waals surface area contributed by atoms with Crippen LogP contribution in [0.1, 0.15) is 24.8 Å². The summed E-state index contributed by atoms with van der Waals surface area (Å²) in [5.74, 6) is 0. The van der Waals surface area contributed by atoms with Gasteiger partial charge in [0.15, 0.2) is 0 Å². The molecule has 0 spiro atoms. The van der Waals surface area contributed by atoms with Crippen LogP contribution >= 0.6 is 0 Å². The number of fused-ring (bicyclic) bond motifs is 1. The molecule has 0 atom stereocenters. The summed E-state index contributed by atoms with van der Waals surface area (Å²) >= 11 is 0. The second kappa shape index (κ2) is 4.34. The molecule has 17 heavy (non-hydrogen) atoms. The third-order valence-electron chi connectivity index (χ3n) is 3.69. The molecule has 3 rings (SSSR count). The molecule has 2 aromatic carbocycles. The Morgan fingerprint density at radius 3 is 2.41 bits per heavy atom. The van der Waals surface area contributed by atoms with E-state index in [4.69, 9.17) is 5.73 Å². The lowest BCUT2D eigenvalue weighted by molar-refractivity contribution is 0.663. The van der Waals surface area contributed by atoms with E-state index in [1.807, 2.05) is 0 Å². The Bertz CT molecular complexity index is 575. The van der Waals surface area contributed by atoms with Crippen molar-refractivity contribution in [3.8, 4) is 0 Å². The summed E-state index contributed by atoms with van der Waals surface area (Å²) in [5, 5.41) is 2.60. The molecule has 0 saturated heterocycles. The van der Waals surface area contributed by atoms with Gasteiger partial charge in [-0.25, -0.2) is 0 Å². The Morgan fingerprint density at radius 1 is 1.00 bits per heavy atom. The molecule has 0 radical (unpaired) electrons. The number of hydrogen-bond donors (Lipinski definition) is 1. The van der Waals surface area contributed by atoms with E-state index in [9.17, 15) is 0 Å². The van der Waals surface area contributed by atoms with Gasteiger partial charge < -0.3 is 5.73 Å². The highest BCUT2D eigenvalue weighted by molar-refractivity contribution is 5.87. The first-order valence-electron chi connectivity index (χ1n) is 6.28. The summed E-state index contributed by atoms with van der Waals surface area (Å²) in [7, 11) is 0. The average molecular weight is 223 g/mol. The Balaban J connectivity index is 2.11. The van der Waals surface area contributed by atoms with Crippen LogP contribution in [-0.4, -0.2) is 6.54 Å². The normalized spacial score (nSPS) is 14.8.